The van der Waals surface area contributed by atoms with Crippen molar-refractivity contribution in [2.24, 2.45) is 0 Å². The number of likely N-dealkylation sites (N-methyl/N-ethyl adjacent to an activating group) is 1. The van der Waals surface area contributed by atoms with E-state index in [2.05, 4.69) is 5.32 Å². The minimum Gasteiger partial charge on any atom is -0.357 e. The molecule has 0 heterocycles. The second-order valence-electron chi connectivity index (χ2n) is 5.97. The summed E-state index contributed by atoms with van der Waals surface area (Å²) in [6.45, 7) is 2.26. The summed E-state index contributed by atoms with van der Waals surface area (Å²) in [7, 11) is 1.58. The van der Waals surface area contributed by atoms with Crippen molar-refractivity contribution in [1.29, 1.82) is 0 Å². The van der Waals surface area contributed by atoms with Crippen LogP contribution in [0.1, 0.15) is 24.5 Å². The van der Waals surface area contributed by atoms with Crippen LogP contribution in [0.15, 0.2) is 48.5 Å². The van der Waals surface area contributed by atoms with E-state index in [1.165, 1.54) is 0 Å². The molecule has 1 N–H and O–H groups in total. The Bertz CT molecular complexity index is 766. The fourth-order valence-corrected chi connectivity index (χ4v) is 3.11. The van der Waals surface area contributed by atoms with Crippen LogP contribution in [0.3, 0.4) is 0 Å². The van der Waals surface area contributed by atoms with Crippen molar-refractivity contribution in [2.75, 3.05) is 7.05 Å². The molecular weight excluding hydrogens is 371 g/mol. The van der Waals surface area contributed by atoms with E-state index >= 15 is 0 Å². The molecule has 1 atom stereocenters. The van der Waals surface area contributed by atoms with E-state index in [1.807, 2.05) is 37.3 Å². The first kappa shape index (κ1) is 20.3. The third-order valence-corrected chi connectivity index (χ3v) is 4.91. The van der Waals surface area contributed by atoms with Gasteiger partial charge in [0.25, 0.3) is 0 Å². The van der Waals surface area contributed by atoms with Gasteiger partial charge in [-0.15, -0.1) is 0 Å². The standard InChI is InChI=1S/C20H22Cl2N2O2/c1-3-18(20(26)23-2)24(13-14-7-5-4-6-8-14)19(25)12-15-9-10-16(21)17(22)11-15/h4-11,18H,3,12-13H2,1-2H3,(H,23,26)/t18-/m0/s1. The molecule has 6 heteroatoms. The van der Waals surface area contributed by atoms with Gasteiger partial charge in [0.15, 0.2) is 0 Å². The summed E-state index contributed by atoms with van der Waals surface area (Å²) >= 11 is 12.0. The highest BCUT2D eigenvalue weighted by atomic mass is 35.5. The van der Waals surface area contributed by atoms with Gasteiger partial charge in [0, 0.05) is 13.6 Å². The SMILES string of the molecule is CC[C@@H](C(=O)NC)N(Cc1ccccc1)C(=O)Cc1ccc(Cl)c(Cl)c1. The fraction of sp³-hybridized carbons (Fsp3) is 0.300. The molecule has 138 valence electrons. The quantitative estimate of drug-likeness (QED) is 0.771. The molecule has 0 unspecified atom stereocenters. The minimum absolute atomic E-state index is 0.136. The first-order valence-corrected chi connectivity index (χ1v) is 9.20. The summed E-state index contributed by atoms with van der Waals surface area (Å²) in [5.74, 6) is -0.311. The number of nitrogens with one attached hydrogen (secondary N) is 1. The van der Waals surface area contributed by atoms with Crippen LogP contribution < -0.4 is 5.32 Å². The zero-order valence-corrected chi connectivity index (χ0v) is 16.3. The molecule has 2 amide bonds. The van der Waals surface area contributed by atoms with Crippen molar-refractivity contribution < 1.29 is 9.59 Å². The number of carbonyl (C=O) groups excluding carboxylic acids is 2. The Kier molecular flexibility index (Phi) is 7.49. The molecule has 0 saturated heterocycles. The first-order valence-electron chi connectivity index (χ1n) is 8.45. The molecule has 0 aliphatic carbocycles. The molecule has 0 spiro atoms. The summed E-state index contributed by atoms with van der Waals surface area (Å²) in [6.07, 6.45) is 0.677. The van der Waals surface area contributed by atoms with E-state index in [4.69, 9.17) is 23.2 Å². The predicted octanol–water partition coefficient (Wildman–Crippen LogP) is 4.09. The summed E-state index contributed by atoms with van der Waals surface area (Å²) in [6, 6.07) is 14.2. The topological polar surface area (TPSA) is 49.4 Å². The van der Waals surface area contributed by atoms with Gasteiger partial charge in [-0.05, 0) is 29.7 Å². The third-order valence-electron chi connectivity index (χ3n) is 4.17. The maximum absolute atomic E-state index is 13.0. The molecule has 0 saturated carbocycles. The first-order chi connectivity index (χ1) is 12.5. The average Bonchev–Trinajstić information content (AvgIpc) is 2.65. The lowest BCUT2D eigenvalue weighted by atomic mass is 10.1. The van der Waals surface area contributed by atoms with Crippen LogP contribution in [0.2, 0.25) is 10.0 Å². The van der Waals surface area contributed by atoms with Crippen LogP contribution >= 0.6 is 23.2 Å². The van der Waals surface area contributed by atoms with Gasteiger partial charge in [-0.2, -0.15) is 0 Å². The lowest BCUT2D eigenvalue weighted by Crippen LogP contribution is -2.48. The summed E-state index contributed by atoms with van der Waals surface area (Å²) < 4.78 is 0. The second kappa shape index (κ2) is 9.60. The second-order valence-corrected chi connectivity index (χ2v) is 6.79. The lowest BCUT2D eigenvalue weighted by molar-refractivity contribution is -0.140. The molecule has 0 aliphatic rings. The number of rotatable bonds is 7. The predicted molar refractivity (Wildman–Crippen MR) is 105 cm³/mol. The summed E-state index contributed by atoms with van der Waals surface area (Å²) in [5, 5.41) is 3.50. The van der Waals surface area contributed by atoms with E-state index in [9.17, 15) is 9.59 Å². The van der Waals surface area contributed by atoms with Crippen LogP contribution in [-0.4, -0.2) is 29.8 Å². The normalized spacial score (nSPS) is 11.7. The van der Waals surface area contributed by atoms with Crippen molar-refractivity contribution in [3.05, 3.63) is 69.7 Å². The zero-order chi connectivity index (χ0) is 19.1. The van der Waals surface area contributed by atoms with Crippen molar-refractivity contribution in [2.45, 2.75) is 32.4 Å². The molecule has 0 radical (unpaired) electrons. The molecule has 26 heavy (non-hydrogen) atoms. The Labute approximate surface area is 164 Å². The van der Waals surface area contributed by atoms with Crippen molar-refractivity contribution >= 4 is 35.0 Å². The van der Waals surface area contributed by atoms with Crippen LogP contribution in [0.25, 0.3) is 0 Å². The van der Waals surface area contributed by atoms with Crippen LogP contribution in [0, 0.1) is 0 Å². The number of hydrogen-bond acceptors (Lipinski definition) is 2. The van der Waals surface area contributed by atoms with Crippen molar-refractivity contribution in [3.63, 3.8) is 0 Å². The molecule has 2 aromatic carbocycles. The van der Waals surface area contributed by atoms with Gasteiger partial charge < -0.3 is 10.2 Å². The van der Waals surface area contributed by atoms with E-state index in [-0.39, 0.29) is 18.2 Å². The smallest absolute Gasteiger partial charge is 0.242 e. The van der Waals surface area contributed by atoms with E-state index in [1.54, 1.807) is 30.1 Å². The Balaban J connectivity index is 2.27. The van der Waals surface area contributed by atoms with Gasteiger partial charge >= 0.3 is 0 Å². The highest BCUT2D eigenvalue weighted by molar-refractivity contribution is 6.42. The fourth-order valence-electron chi connectivity index (χ4n) is 2.79. The zero-order valence-electron chi connectivity index (χ0n) is 14.8. The van der Waals surface area contributed by atoms with Gasteiger partial charge in [-0.3, -0.25) is 9.59 Å². The monoisotopic (exact) mass is 392 g/mol. The molecule has 4 nitrogen and oxygen atoms in total. The highest BCUT2D eigenvalue weighted by Gasteiger charge is 2.28. The van der Waals surface area contributed by atoms with E-state index < -0.39 is 6.04 Å². The van der Waals surface area contributed by atoms with E-state index in [0.717, 1.165) is 11.1 Å². The van der Waals surface area contributed by atoms with Gasteiger partial charge in [-0.25, -0.2) is 0 Å². The van der Waals surface area contributed by atoms with Crippen molar-refractivity contribution in [1.82, 2.24) is 10.2 Å². The van der Waals surface area contributed by atoms with E-state index in [0.29, 0.717) is 23.0 Å². The molecular formula is C20H22Cl2N2O2. The molecule has 0 bridgehead atoms. The minimum atomic E-state index is -0.532. The molecule has 0 aliphatic heterocycles. The summed E-state index contributed by atoms with van der Waals surface area (Å²) in [4.78, 5) is 26.9. The Hall–Kier alpha value is -2.04. The van der Waals surface area contributed by atoms with Crippen LogP contribution in [-0.2, 0) is 22.6 Å². The Morgan fingerprint density at radius 1 is 1.04 bits per heavy atom. The molecule has 2 aromatic rings. The number of nitrogens with zero attached hydrogens (tertiary/aromatic N) is 1. The van der Waals surface area contributed by atoms with Gasteiger partial charge in [0.2, 0.25) is 11.8 Å². The maximum atomic E-state index is 13.0. The largest absolute Gasteiger partial charge is 0.357 e. The lowest BCUT2D eigenvalue weighted by Gasteiger charge is -2.30. The number of amides is 2. The van der Waals surface area contributed by atoms with Gasteiger partial charge in [-0.1, -0.05) is 66.5 Å². The van der Waals surface area contributed by atoms with Gasteiger partial charge in [0.05, 0.1) is 16.5 Å². The number of hydrogen-bond donors (Lipinski definition) is 1. The van der Waals surface area contributed by atoms with Crippen LogP contribution in [0.5, 0.6) is 0 Å². The Morgan fingerprint density at radius 2 is 1.73 bits per heavy atom. The average molecular weight is 393 g/mol. The third kappa shape index (κ3) is 5.23. The number of benzene rings is 2. The highest BCUT2D eigenvalue weighted by Crippen LogP contribution is 2.23. The number of carbonyl (C=O) groups is 2. The number of halogens is 2. The summed E-state index contributed by atoms with van der Waals surface area (Å²) in [5.41, 5.74) is 1.73. The van der Waals surface area contributed by atoms with Crippen molar-refractivity contribution in [3.8, 4) is 0 Å². The Morgan fingerprint density at radius 3 is 2.31 bits per heavy atom. The molecule has 2 rings (SSSR count). The molecule has 0 aromatic heterocycles. The van der Waals surface area contributed by atoms with Gasteiger partial charge in [0.1, 0.15) is 6.04 Å². The maximum Gasteiger partial charge on any atom is 0.242 e. The molecule has 0 fully saturated rings. The van der Waals surface area contributed by atoms with Crippen LogP contribution in [0.4, 0.5) is 0 Å².